The average molecular weight is 832 g/mol. The Morgan fingerprint density at radius 2 is 0.797 bits per heavy atom. The predicted octanol–water partition coefficient (Wildman–Crippen LogP) is 16.6. The van der Waals surface area contributed by atoms with Gasteiger partial charge in [0.1, 0.15) is 0 Å². The first-order valence-corrected chi connectivity index (χ1v) is 22.5. The van der Waals surface area contributed by atoms with Crippen LogP contribution in [-0.2, 0) is 0 Å². The van der Waals surface area contributed by atoms with Crippen LogP contribution in [0, 0.1) is 0 Å². The molecule has 0 N–H and O–H groups in total. The van der Waals surface area contributed by atoms with Gasteiger partial charge in [-0.15, -0.1) is 21.5 Å². The lowest BCUT2D eigenvalue weighted by Gasteiger charge is -2.11. The fourth-order valence-electron chi connectivity index (χ4n) is 9.50. The summed E-state index contributed by atoms with van der Waals surface area (Å²) in [5, 5.41) is 19.1. The molecule has 0 unspecified atom stereocenters. The minimum Gasteiger partial charge on any atom is -0.282 e. The summed E-state index contributed by atoms with van der Waals surface area (Å²) in [6.07, 6.45) is 2.07. The topological polar surface area (TPSA) is 30.2 Å². The summed E-state index contributed by atoms with van der Waals surface area (Å²) in [5.41, 5.74) is 13.9. The molecule has 298 valence electrons. The van der Waals surface area contributed by atoms with Gasteiger partial charge in [0, 0.05) is 42.9 Å². The van der Waals surface area contributed by atoms with Gasteiger partial charge in [-0.1, -0.05) is 176 Å². The normalized spacial score (nSPS) is 11.8. The molecule has 4 heteroatoms. The van der Waals surface area contributed by atoms with E-state index in [1.807, 2.05) is 11.3 Å². The lowest BCUT2D eigenvalue weighted by molar-refractivity contribution is 1.11. The first-order valence-electron chi connectivity index (χ1n) is 21.7. The molecule has 0 aliphatic carbocycles. The van der Waals surface area contributed by atoms with Crippen molar-refractivity contribution in [3.8, 4) is 67.0 Å². The Labute approximate surface area is 373 Å². The van der Waals surface area contributed by atoms with Crippen molar-refractivity contribution in [2.45, 2.75) is 0 Å². The molecule has 0 bridgehead atoms. The molecule has 0 spiro atoms. The quantitative estimate of drug-likeness (QED) is 0.167. The van der Waals surface area contributed by atoms with Crippen LogP contribution in [0.2, 0.25) is 0 Å². The second kappa shape index (κ2) is 14.7. The third kappa shape index (κ3) is 6.18. The summed E-state index contributed by atoms with van der Waals surface area (Å²) in [5.74, 6) is 0.831. The van der Waals surface area contributed by atoms with Gasteiger partial charge in [0.05, 0.1) is 0 Å². The summed E-state index contributed by atoms with van der Waals surface area (Å²) < 4.78 is 4.65. The summed E-state index contributed by atoms with van der Waals surface area (Å²) in [6.45, 7) is 0. The molecule has 3 heterocycles. The van der Waals surface area contributed by atoms with Crippen LogP contribution in [0.1, 0.15) is 0 Å². The highest BCUT2D eigenvalue weighted by molar-refractivity contribution is 7.26. The summed E-state index contributed by atoms with van der Waals surface area (Å²) in [4.78, 5) is 0. The van der Waals surface area contributed by atoms with Crippen LogP contribution in [0.25, 0.3) is 125 Å². The minimum atomic E-state index is 0.831. The van der Waals surface area contributed by atoms with Crippen LogP contribution in [0.3, 0.4) is 0 Å². The maximum atomic E-state index is 4.67. The van der Waals surface area contributed by atoms with E-state index < -0.39 is 0 Å². The third-order valence-corrected chi connectivity index (χ3v) is 14.1. The molecule has 0 aliphatic heterocycles. The zero-order chi connectivity index (χ0) is 42.1. The van der Waals surface area contributed by atoms with Gasteiger partial charge >= 0.3 is 0 Å². The van der Waals surface area contributed by atoms with E-state index >= 15 is 0 Å². The zero-order valence-corrected chi connectivity index (χ0v) is 35.4. The third-order valence-electron chi connectivity index (χ3n) is 12.9. The Bertz CT molecular complexity index is 3930. The molecule has 3 aromatic heterocycles. The summed E-state index contributed by atoms with van der Waals surface area (Å²) >= 11 is 1.87. The predicted molar refractivity (Wildman–Crippen MR) is 271 cm³/mol. The van der Waals surface area contributed by atoms with Crippen LogP contribution in [0.4, 0.5) is 0 Å². The number of benzene rings is 10. The monoisotopic (exact) mass is 831 g/mol. The first-order chi connectivity index (χ1) is 31.7. The van der Waals surface area contributed by atoms with Crippen LogP contribution in [-0.4, -0.2) is 14.6 Å². The molecule has 13 aromatic rings. The molecule has 3 nitrogen and oxygen atoms in total. The van der Waals surface area contributed by atoms with Crippen LogP contribution < -0.4 is 0 Å². The maximum Gasteiger partial charge on any atom is 0.168 e. The number of hydrogen-bond acceptors (Lipinski definition) is 3. The average Bonchev–Trinajstić information content (AvgIpc) is 3.98. The van der Waals surface area contributed by atoms with E-state index in [9.17, 15) is 0 Å². The van der Waals surface area contributed by atoms with E-state index in [0.717, 1.165) is 27.8 Å². The highest BCUT2D eigenvalue weighted by atomic mass is 32.1. The minimum absolute atomic E-state index is 0.831. The fraction of sp³-hybridized carbons (Fsp3) is 0. The van der Waals surface area contributed by atoms with E-state index in [-0.39, 0.29) is 0 Å². The van der Waals surface area contributed by atoms with Crippen molar-refractivity contribution in [1.82, 2.24) is 14.6 Å². The molecule has 0 saturated heterocycles. The molecule has 0 aliphatic rings. The molecule has 0 saturated carbocycles. The second-order valence-electron chi connectivity index (χ2n) is 16.7. The Morgan fingerprint density at radius 1 is 0.312 bits per heavy atom. The van der Waals surface area contributed by atoms with Gasteiger partial charge in [-0.05, 0) is 119 Å². The van der Waals surface area contributed by atoms with Crippen molar-refractivity contribution in [1.29, 1.82) is 0 Å². The number of hydrogen-bond donors (Lipinski definition) is 0. The van der Waals surface area contributed by atoms with E-state index in [0.29, 0.717) is 0 Å². The van der Waals surface area contributed by atoms with Crippen molar-refractivity contribution >= 4 is 69.5 Å². The molecular weight excluding hydrogens is 795 g/mol. The highest BCUT2D eigenvalue weighted by Gasteiger charge is 2.17. The van der Waals surface area contributed by atoms with Crippen molar-refractivity contribution < 1.29 is 0 Å². The van der Waals surface area contributed by atoms with Crippen molar-refractivity contribution in [3.05, 3.63) is 225 Å². The number of nitrogens with zero attached hydrogens (tertiary/aromatic N) is 3. The SMILES string of the molecule is c1ccc2cc(-c3ccc(-c4ccc5sc6c(-c7ccc(-c8nnc9c%10ccccc%10ccn89)cc7)cc(-c7ccc(-c8ccc9ccccc9c8)cc7)cc6c5c4)cc3)ccc2c1. The van der Waals surface area contributed by atoms with Gasteiger partial charge in [-0.2, -0.15) is 0 Å². The first kappa shape index (κ1) is 36.5. The summed E-state index contributed by atoms with van der Waals surface area (Å²) in [7, 11) is 0. The summed E-state index contributed by atoms with van der Waals surface area (Å²) in [6, 6.07) is 79.7. The molecule has 0 atom stereocenters. The van der Waals surface area contributed by atoms with Gasteiger partial charge in [-0.25, -0.2) is 0 Å². The van der Waals surface area contributed by atoms with Crippen LogP contribution in [0.5, 0.6) is 0 Å². The lowest BCUT2D eigenvalue weighted by Crippen LogP contribution is -1.90. The van der Waals surface area contributed by atoms with Gasteiger partial charge in [0.15, 0.2) is 11.5 Å². The molecule has 0 radical (unpaired) electrons. The van der Waals surface area contributed by atoms with E-state index in [1.165, 1.54) is 97.4 Å². The van der Waals surface area contributed by atoms with E-state index in [4.69, 9.17) is 0 Å². The largest absolute Gasteiger partial charge is 0.282 e. The van der Waals surface area contributed by atoms with Gasteiger partial charge < -0.3 is 0 Å². The number of pyridine rings is 1. The Balaban J connectivity index is 0.911. The fourth-order valence-corrected chi connectivity index (χ4v) is 10.7. The molecule has 10 aromatic carbocycles. The van der Waals surface area contributed by atoms with Crippen molar-refractivity contribution in [2.24, 2.45) is 0 Å². The standard InChI is InChI=1S/C60H37N3S/c1-3-10-47-33-49(27-21-38(47)7-1)40-13-15-42(16-14-40)51-29-30-57-55(35-51)56-37-52(43-19-17-41(18-20-43)50-28-22-39-8-2-4-11-48(39)34-50)36-54(58(56)64-57)45-23-25-46(26-24-45)59-61-62-60-53-12-6-5-9-44(53)31-32-63(59)60/h1-37H. The lowest BCUT2D eigenvalue weighted by atomic mass is 9.93. The molecule has 0 amide bonds. The van der Waals surface area contributed by atoms with E-state index in [2.05, 4.69) is 239 Å². The highest BCUT2D eigenvalue weighted by Crippen LogP contribution is 2.45. The molecule has 64 heavy (non-hydrogen) atoms. The number of aromatic nitrogens is 3. The Kier molecular flexibility index (Phi) is 8.40. The van der Waals surface area contributed by atoms with Crippen molar-refractivity contribution in [2.75, 3.05) is 0 Å². The number of fused-ring (bicyclic) bond motifs is 8. The van der Waals surface area contributed by atoms with Gasteiger partial charge in [0.2, 0.25) is 0 Å². The number of rotatable bonds is 6. The van der Waals surface area contributed by atoms with Gasteiger partial charge in [-0.3, -0.25) is 4.40 Å². The van der Waals surface area contributed by atoms with Gasteiger partial charge in [0.25, 0.3) is 0 Å². The maximum absolute atomic E-state index is 4.67. The molecule has 0 fully saturated rings. The smallest absolute Gasteiger partial charge is 0.168 e. The Hall–Kier alpha value is -8.18. The van der Waals surface area contributed by atoms with Crippen molar-refractivity contribution in [3.63, 3.8) is 0 Å². The van der Waals surface area contributed by atoms with Crippen LogP contribution >= 0.6 is 11.3 Å². The number of thiophene rings is 1. The molecular formula is C60H37N3S. The van der Waals surface area contributed by atoms with Crippen LogP contribution in [0.15, 0.2) is 225 Å². The van der Waals surface area contributed by atoms with E-state index in [1.54, 1.807) is 0 Å². The second-order valence-corrected chi connectivity index (χ2v) is 17.7. The molecule has 13 rings (SSSR count). The Morgan fingerprint density at radius 3 is 1.44 bits per heavy atom. The zero-order valence-electron chi connectivity index (χ0n) is 34.6.